The molecule has 0 spiro atoms. The Labute approximate surface area is 118 Å². The largest absolute Gasteiger partial charge is 0.385 e. The first-order valence-corrected chi connectivity index (χ1v) is 7.14. The zero-order valence-corrected chi connectivity index (χ0v) is 11.9. The van der Waals surface area contributed by atoms with Crippen LogP contribution in [0, 0.1) is 23.0 Å². The minimum Gasteiger partial charge on any atom is -0.385 e. The van der Waals surface area contributed by atoms with Crippen molar-refractivity contribution in [3.05, 3.63) is 32.8 Å². The highest BCUT2D eigenvalue weighted by atomic mass is 35.5. The van der Waals surface area contributed by atoms with Crippen LogP contribution in [0.2, 0.25) is 5.02 Å². The number of nitrogens with one attached hydrogen (secondary N) is 1. The Bertz CT molecular complexity index is 471. The van der Waals surface area contributed by atoms with Gasteiger partial charge in [-0.2, -0.15) is 0 Å². The minimum atomic E-state index is -0.447. The highest BCUT2D eigenvalue weighted by Gasteiger charge is 2.16. The lowest BCUT2D eigenvalue weighted by molar-refractivity contribution is -0.384. The summed E-state index contributed by atoms with van der Waals surface area (Å²) in [6.45, 7) is 2.76. The normalized spacial score (nSPS) is 15.7. The van der Waals surface area contributed by atoms with E-state index in [4.69, 9.17) is 11.6 Å². The molecule has 1 saturated carbocycles. The van der Waals surface area contributed by atoms with Crippen LogP contribution in [0.3, 0.4) is 0 Å². The lowest BCUT2D eigenvalue weighted by atomic mass is 10.0. The average molecular weight is 283 g/mol. The van der Waals surface area contributed by atoms with Crippen LogP contribution in [0.1, 0.15) is 37.7 Å². The van der Waals surface area contributed by atoms with E-state index in [1.165, 1.54) is 31.7 Å². The maximum Gasteiger partial charge on any atom is 0.288 e. The van der Waals surface area contributed by atoms with Crippen LogP contribution in [0.25, 0.3) is 0 Å². The van der Waals surface area contributed by atoms with E-state index in [9.17, 15) is 10.1 Å². The fourth-order valence-electron chi connectivity index (χ4n) is 2.71. The fourth-order valence-corrected chi connectivity index (χ4v) is 2.94. The molecule has 0 aromatic heterocycles. The van der Waals surface area contributed by atoms with Gasteiger partial charge < -0.3 is 5.32 Å². The molecule has 19 heavy (non-hydrogen) atoms. The molecular formula is C14H19ClN2O2. The zero-order valence-electron chi connectivity index (χ0n) is 11.1. The summed E-state index contributed by atoms with van der Waals surface area (Å²) in [6.07, 6.45) is 6.54. The van der Waals surface area contributed by atoms with Gasteiger partial charge in [0.05, 0.1) is 4.92 Å². The summed E-state index contributed by atoms with van der Waals surface area (Å²) in [5, 5.41) is 14.3. The minimum absolute atomic E-state index is 0.0273. The third-order valence-corrected chi connectivity index (χ3v) is 4.14. The van der Waals surface area contributed by atoms with E-state index in [-0.39, 0.29) is 10.7 Å². The van der Waals surface area contributed by atoms with Crippen molar-refractivity contribution in [3.63, 3.8) is 0 Å². The maximum absolute atomic E-state index is 10.8. The van der Waals surface area contributed by atoms with E-state index in [1.54, 1.807) is 6.07 Å². The second-order valence-electron chi connectivity index (χ2n) is 5.24. The number of aryl methyl sites for hydroxylation is 1. The topological polar surface area (TPSA) is 55.2 Å². The van der Waals surface area contributed by atoms with Crippen LogP contribution < -0.4 is 5.32 Å². The van der Waals surface area contributed by atoms with Crippen LogP contribution in [0.4, 0.5) is 11.4 Å². The Morgan fingerprint density at radius 3 is 2.74 bits per heavy atom. The monoisotopic (exact) mass is 282 g/mol. The molecule has 1 N–H and O–H groups in total. The quantitative estimate of drug-likeness (QED) is 0.637. The lowest BCUT2D eigenvalue weighted by Crippen LogP contribution is -2.07. The smallest absolute Gasteiger partial charge is 0.288 e. The molecule has 0 heterocycles. The summed E-state index contributed by atoms with van der Waals surface area (Å²) < 4.78 is 0. The van der Waals surface area contributed by atoms with E-state index < -0.39 is 4.92 Å². The summed E-state index contributed by atoms with van der Waals surface area (Å²) in [5.41, 5.74) is 1.73. The van der Waals surface area contributed by atoms with Crippen molar-refractivity contribution in [2.75, 3.05) is 11.9 Å². The standard InChI is InChI=1S/C14H19ClN2O2/c1-10-8-14(17(18)19)12(15)9-13(10)16-7-6-11-4-2-3-5-11/h8-9,11,16H,2-7H2,1H3. The molecule has 4 nitrogen and oxygen atoms in total. The molecule has 5 heteroatoms. The van der Waals surface area contributed by atoms with Crippen molar-refractivity contribution in [2.45, 2.75) is 39.0 Å². The van der Waals surface area contributed by atoms with E-state index in [1.807, 2.05) is 6.92 Å². The number of benzene rings is 1. The molecule has 1 aromatic rings. The number of nitrogens with zero attached hydrogens (tertiary/aromatic N) is 1. The molecule has 1 fully saturated rings. The number of hydrogen-bond donors (Lipinski definition) is 1. The van der Waals surface area contributed by atoms with E-state index in [2.05, 4.69) is 5.32 Å². The molecule has 0 radical (unpaired) electrons. The maximum atomic E-state index is 10.8. The number of anilines is 1. The summed E-state index contributed by atoms with van der Waals surface area (Å²) in [5.74, 6) is 0.835. The van der Waals surface area contributed by atoms with Gasteiger partial charge in [-0.05, 0) is 30.9 Å². The zero-order chi connectivity index (χ0) is 13.8. The summed E-state index contributed by atoms with van der Waals surface area (Å²) in [4.78, 5) is 10.3. The molecule has 1 aromatic carbocycles. The average Bonchev–Trinajstić information content (AvgIpc) is 2.85. The van der Waals surface area contributed by atoms with Crippen LogP contribution in [-0.2, 0) is 0 Å². The van der Waals surface area contributed by atoms with Crippen molar-refractivity contribution in [3.8, 4) is 0 Å². The first-order valence-electron chi connectivity index (χ1n) is 6.76. The Morgan fingerprint density at radius 2 is 2.11 bits per heavy atom. The van der Waals surface area contributed by atoms with E-state index in [0.717, 1.165) is 30.1 Å². The molecule has 104 valence electrons. The van der Waals surface area contributed by atoms with Gasteiger partial charge in [0.2, 0.25) is 0 Å². The summed E-state index contributed by atoms with van der Waals surface area (Å²) in [7, 11) is 0. The van der Waals surface area contributed by atoms with Crippen molar-refractivity contribution in [1.82, 2.24) is 0 Å². The van der Waals surface area contributed by atoms with Gasteiger partial charge in [-0.1, -0.05) is 37.3 Å². The molecular weight excluding hydrogens is 264 g/mol. The molecule has 0 amide bonds. The van der Waals surface area contributed by atoms with Gasteiger partial charge in [0.25, 0.3) is 5.69 Å². The Hall–Kier alpha value is -1.29. The van der Waals surface area contributed by atoms with Gasteiger partial charge in [-0.15, -0.1) is 0 Å². The van der Waals surface area contributed by atoms with Crippen molar-refractivity contribution in [1.29, 1.82) is 0 Å². The third kappa shape index (κ3) is 3.60. The highest BCUT2D eigenvalue weighted by Crippen LogP contribution is 2.31. The van der Waals surface area contributed by atoms with Gasteiger partial charge >= 0.3 is 0 Å². The molecule has 0 bridgehead atoms. The molecule has 1 aliphatic rings. The Morgan fingerprint density at radius 1 is 1.42 bits per heavy atom. The van der Waals surface area contributed by atoms with Crippen molar-refractivity contribution in [2.24, 2.45) is 5.92 Å². The third-order valence-electron chi connectivity index (χ3n) is 3.83. The van der Waals surface area contributed by atoms with Crippen LogP contribution in [0.15, 0.2) is 12.1 Å². The van der Waals surface area contributed by atoms with Crippen LogP contribution >= 0.6 is 11.6 Å². The van der Waals surface area contributed by atoms with Gasteiger partial charge in [0.1, 0.15) is 5.02 Å². The lowest BCUT2D eigenvalue weighted by Gasteiger charge is -2.13. The van der Waals surface area contributed by atoms with E-state index >= 15 is 0 Å². The Kier molecular flexibility index (Phi) is 4.64. The molecule has 2 rings (SSSR count). The van der Waals surface area contributed by atoms with E-state index in [0.29, 0.717) is 0 Å². The summed E-state index contributed by atoms with van der Waals surface area (Å²) in [6, 6.07) is 3.18. The molecule has 0 saturated heterocycles. The first kappa shape index (κ1) is 14.1. The van der Waals surface area contributed by atoms with Crippen molar-refractivity contribution >= 4 is 23.0 Å². The molecule has 1 aliphatic carbocycles. The van der Waals surface area contributed by atoms with Gasteiger partial charge in [0, 0.05) is 18.3 Å². The van der Waals surface area contributed by atoms with Gasteiger partial charge in [-0.25, -0.2) is 0 Å². The second-order valence-corrected chi connectivity index (χ2v) is 5.65. The highest BCUT2D eigenvalue weighted by molar-refractivity contribution is 6.33. The number of nitro groups is 1. The number of rotatable bonds is 5. The van der Waals surface area contributed by atoms with Crippen LogP contribution in [0.5, 0.6) is 0 Å². The predicted octanol–water partition coefficient (Wildman–Crippen LogP) is 4.55. The SMILES string of the molecule is Cc1cc([N+](=O)[O-])c(Cl)cc1NCCC1CCCC1. The first-order chi connectivity index (χ1) is 9.08. The predicted molar refractivity (Wildman–Crippen MR) is 77.9 cm³/mol. The van der Waals surface area contributed by atoms with Crippen LogP contribution in [-0.4, -0.2) is 11.5 Å². The molecule has 0 atom stereocenters. The number of nitro benzene ring substituents is 1. The molecule has 0 unspecified atom stereocenters. The Balaban J connectivity index is 1.96. The number of halogens is 1. The van der Waals surface area contributed by atoms with Gasteiger partial charge in [0.15, 0.2) is 0 Å². The van der Waals surface area contributed by atoms with Gasteiger partial charge in [-0.3, -0.25) is 10.1 Å². The fraction of sp³-hybridized carbons (Fsp3) is 0.571. The van der Waals surface area contributed by atoms with Crippen molar-refractivity contribution < 1.29 is 4.92 Å². The number of hydrogen-bond acceptors (Lipinski definition) is 3. The second kappa shape index (κ2) is 6.24. The molecule has 0 aliphatic heterocycles. The summed E-state index contributed by atoms with van der Waals surface area (Å²) >= 11 is 5.92.